The zero-order chi connectivity index (χ0) is 22.4. The first-order valence-electron chi connectivity index (χ1n) is 11.0. The van der Waals surface area contributed by atoms with E-state index in [2.05, 4.69) is 26.4 Å². The van der Waals surface area contributed by atoms with Crippen molar-refractivity contribution < 1.29 is 4.79 Å². The van der Waals surface area contributed by atoms with Gasteiger partial charge in [0.2, 0.25) is 5.95 Å². The Kier molecular flexibility index (Phi) is 4.80. The fourth-order valence-electron chi connectivity index (χ4n) is 4.54. The van der Waals surface area contributed by atoms with Crippen molar-refractivity contribution in [2.45, 2.75) is 13.0 Å². The molecule has 1 aliphatic heterocycles. The molecule has 33 heavy (non-hydrogen) atoms. The molecular weight excluding hydrogens is 432 g/mol. The number of fused-ring (bicyclic) bond motifs is 3. The van der Waals surface area contributed by atoms with Crippen LogP contribution in [0.2, 0.25) is 0 Å². The second-order valence-corrected chi connectivity index (χ2v) is 9.20. The van der Waals surface area contributed by atoms with Crippen molar-refractivity contribution in [3.05, 3.63) is 77.0 Å². The van der Waals surface area contributed by atoms with Gasteiger partial charge in [-0.2, -0.15) is 0 Å². The first kappa shape index (κ1) is 19.9. The number of anilines is 1. The molecular formula is C25H22N6OS. The van der Waals surface area contributed by atoms with Crippen molar-refractivity contribution >= 4 is 39.7 Å². The summed E-state index contributed by atoms with van der Waals surface area (Å²) in [5.41, 5.74) is 2.67. The van der Waals surface area contributed by atoms with Crippen LogP contribution >= 0.6 is 11.3 Å². The molecule has 1 aliphatic rings. The fraction of sp³-hybridized carbons (Fsp3) is 0.200. The van der Waals surface area contributed by atoms with Crippen LogP contribution in [-0.4, -0.2) is 56.1 Å². The number of benzene rings is 2. The van der Waals surface area contributed by atoms with Crippen molar-refractivity contribution in [3.8, 4) is 11.4 Å². The maximum atomic E-state index is 13.0. The van der Waals surface area contributed by atoms with Gasteiger partial charge in [-0.25, -0.2) is 9.38 Å². The van der Waals surface area contributed by atoms with Crippen LogP contribution in [0.5, 0.6) is 0 Å². The van der Waals surface area contributed by atoms with Gasteiger partial charge in [0, 0.05) is 36.6 Å². The monoisotopic (exact) mass is 454 g/mol. The van der Waals surface area contributed by atoms with E-state index >= 15 is 0 Å². The van der Waals surface area contributed by atoms with E-state index in [0.29, 0.717) is 19.6 Å². The van der Waals surface area contributed by atoms with Crippen LogP contribution in [0, 0.1) is 0 Å². The highest BCUT2D eigenvalue weighted by molar-refractivity contribution is 7.12. The van der Waals surface area contributed by atoms with Gasteiger partial charge in [-0.1, -0.05) is 48.5 Å². The maximum Gasteiger partial charge on any atom is 0.264 e. The number of thiophene rings is 1. The Hall–Kier alpha value is -3.78. The van der Waals surface area contributed by atoms with Gasteiger partial charge in [0.25, 0.3) is 5.91 Å². The summed E-state index contributed by atoms with van der Waals surface area (Å²) >= 11 is 1.49. The normalized spacial score (nSPS) is 16.6. The lowest BCUT2D eigenvalue weighted by Crippen LogP contribution is -2.54. The number of carbonyl (C=O) groups excluding carboxylic acids is 1. The van der Waals surface area contributed by atoms with Crippen molar-refractivity contribution in [3.63, 3.8) is 0 Å². The summed E-state index contributed by atoms with van der Waals surface area (Å²) in [7, 11) is 0. The van der Waals surface area contributed by atoms with E-state index in [1.165, 1.54) is 11.3 Å². The lowest BCUT2D eigenvalue weighted by atomic mass is 10.1. The Balaban J connectivity index is 1.44. The van der Waals surface area contributed by atoms with Crippen LogP contribution in [0.25, 0.3) is 27.9 Å². The minimum Gasteiger partial charge on any atom is -0.338 e. The second-order valence-electron chi connectivity index (χ2n) is 8.25. The molecule has 8 heteroatoms. The zero-order valence-electron chi connectivity index (χ0n) is 18.1. The van der Waals surface area contributed by atoms with Gasteiger partial charge in [0.1, 0.15) is 0 Å². The van der Waals surface area contributed by atoms with Gasteiger partial charge in [0.15, 0.2) is 11.5 Å². The molecule has 1 fully saturated rings. The number of piperazine rings is 1. The van der Waals surface area contributed by atoms with Gasteiger partial charge in [-0.3, -0.25) is 4.79 Å². The van der Waals surface area contributed by atoms with E-state index in [4.69, 9.17) is 4.98 Å². The van der Waals surface area contributed by atoms with Crippen molar-refractivity contribution in [2.75, 3.05) is 24.5 Å². The van der Waals surface area contributed by atoms with Gasteiger partial charge in [0.05, 0.1) is 10.4 Å². The number of rotatable bonds is 3. The standard InChI is InChI=1S/C25H22N6OS/c1-17-16-29(13-14-30(17)24(32)21-12-7-15-33-21)25-26-20-11-6-5-10-19(20)23-28-27-22(31(23)25)18-8-3-2-4-9-18/h2-12,15,17H,13-14,16H2,1H3. The highest BCUT2D eigenvalue weighted by Gasteiger charge is 2.31. The zero-order valence-corrected chi connectivity index (χ0v) is 18.9. The van der Waals surface area contributed by atoms with Gasteiger partial charge < -0.3 is 9.80 Å². The molecule has 0 spiro atoms. The van der Waals surface area contributed by atoms with Gasteiger partial charge >= 0.3 is 0 Å². The third kappa shape index (κ3) is 3.34. The van der Waals surface area contributed by atoms with Crippen LogP contribution in [0.4, 0.5) is 5.95 Å². The molecule has 1 unspecified atom stereocenters. The van der Waals surface area contributed by atoms with Gasteiger partial charge in [-0.05, 0) is 30.5 Å². The van der Waals surface area contributed by atoms with E-state index in [-0.39, 0.29) is 11.9 Å². The molecule has 3 aromatic heterocycles. The largest absolute Gasteiger partial charge is 0.338 e. The predicted octanol–water partition coefficient (Wildman–Crippen LogP) is 4.36. The molecule has 0 aliphatic carbocycles. The molecule has 1 atom stereocenters. The van der Waals surface area contributed by atoms with Crippen molar-refractivity contribution in [2.24, 2.45) is 0 Å². The lowest BCUT2D eigenvalue weighted by Gasteiger charge is -2.40. The molecule has 7 nitrogen and oxygen atoms in total. The third-order valence-corrected chi connectivity index (χ3v) is 7.02. The molecule has 1 amide bonds. The number of nitrogens with zero attached hydrogens (tertiary/aromatic N) is 6. The Morgan fingerprint density at radius 1 is 0.970 bits per heavy atom. The molecule has 0 radical (unpaired) electrons. The number of hydrogen-bond donors (Lipinski definition) is 0. The average Bonchev–Trinajstić information content (AvgIpc) is 3.54. The van der Waals surface area contributed by atoms with Crippen LogP contribution in [0.15, 0.2) is 72.1 Å². The summed E-state index contributed by atoms with van der Waals surface area (Å²) in [5.74, 6) is 1.68. The van der Waals surface area contributed by atoms with E-state index in [9.17, 15) is 4.79 Å². The molecule has 0 N–H and O–H groups in total. The number of hydrogen-bond acceptors (Lipinski definition) is 6. The van der Waals surface area contributed by atoms with E-state index in [1.807, 2.05) is 77.0 Å². The first-order chi connectivity index (χ1) is 16.2. The summed E-state index contributed by atoms with van der Waals surface area (Å²) in [5, 5.41) is 12.0. The second kappa shape index (κ2) is 7.97. The lowest BCUT2D eigenvalue weighted by molar-refractivity contribution is 0.0678. The predicted molar refractivity (Wildman–Crippen MR) is 131 cm³/mol. The highest BCUT2D eigenvalue weighted by Crippen LogP contribution is 2.29. The molecule has 0 saturated carbocycles. The SMILES string of the molecule is CC1CN(c2nc3ccccc3c3nnc(-c4ccccc4)n23)CCN1C(=O)c1cccs1. The fourth-order valence-corrected chi connectivity index (χ4v) is 5.21. The Bertz CT molecular complexity index is 1450. The summed E-state index contributed by atoms with van der Waals surface area (Å²) in [4.78, 5) is 23.0. The van der Waals surface area contributed by atoms with Crippen LogP contribution in [-0.2, 0) is 0 Å². The number of aromatic nitrogens is 4. The Morgan fingerprint density at radius 2 is 1.79 bits per heavy atom. The molecule has 4 heterocycles. The van der Waals surface area contributed by atoms with Crippen molar-refractivity contribution in [1.29, 1.82) is 0 Å². The molecule has 2 aromatic carbocycles. The van der Waals surface area contributed by atoms with Crippen LogP contribution < -0.4 is 4.90 Å². The summed E-state index contributed by atoms with van der Waals surface area (Å²) in [6, 6.07) is 22.0. The minimum absolute atomic E-state index is 0.0494. The maximum absolute atomic E-state index is 13.0. The van der Waals surface area contributed by atoms with E-state index < -0.39 is 0 Å². The summed E-state index contributed by atoms with van der Waals surface area (Å²) in [6.45, 7) is 4.11. The molecule has 6 rings (SSSR count). The quantitative estimate of drug-likeness (QED) is 0.405. The highest BCUT2D eigenvalue weighted by atomic mass is 32.1. The summed E-state index contributed by atoms with van der Waals surface area (Å²) in [6.07, 6.45) is 0. The van der Waals surface area contributed by atoms with Crippen LogP contribution in [0.1, 0.15) is 16.6 Å². The van der Waals surface area contributed by atoms with E-state index in [1.54, 1.807) is 0 Å². The van der Waals surface area contributed by atoms with Crippen LogP contribution in [0.3, 0.4) is 0 Å². The molecule has 0 bridgehead atoms. The number of carbonyl (C=O) groups is 1. The Morgan fingerprint density at radius 3 is 2.58 bits per heavy atom. The minimum atomic E-state index is 0.0494. The number of para-hydroxylation sites is 1. The first-order valence-corrected chi connectivity index (χ1v) is 11.9. The molecule has 5 aromatic rings. The van der Waals surface area contributed by atoms with Gasteiger partial charge in [-0.15, -0.1) is 21.5 Å². The Labute approximate surface area is 194 Å². The van der Waals surface area contributed by atoms with Crippen molar-refractivity contribution in [1.82, 2.24) is 24.5 Å². The third-order valence-electron chi connectivity index (χ3n) is 6.16. The molecule has 164 valence electrons. The average molecular weight is 455 g/mol. The smallest absolute Gasteiger partial charge is 0.264 e. The van der Waals surface area contributed by atoms with E-state index in [0.717, 1.165) is 38.8 Å². The topological polar surface area (TPSA) is 66.6 Å². The summed E-state index contributed by atoms with van der Waals surface area (Å²) < 4.78 is 2.06. The molecule has 1 saturated heterocycles. The number of amides is 1.